The predicted molar refractivity (Wildman–Crippen MR) is 89.2 cm³/mol. The lowest BCUT2D eigenvalue weighted by Gasteiger charge is -2.36. The molecule has 1 unspecified atom stereocenters. The molecule has 0 aliphatic heterocycles. The average molecular weight is 314 g/mol. The van der Waals surface area contributed by atoms with Crippen LogP contribution >= 0.6 is 11.3 Å². The van der Waals surface area contributed by atoms with E-state index in [0.717, 1.165) is 24.4 Å². The van der Waals surface area contributed by atoms with Gasteiger partial charge >= 0.3 is 0 Å². The number of nitrogens with one attached hydrogen (secondary N) is 1. The fourth-order valence-corrected chi connectivity index (χ4v) is 3.68. The van der Waals surface area contributed by atoms with Gasteiger partial charge in [0.25, 0.3) is 0 Å². The molecule has 0 saturated carbocycles. The Hall–Kier alpha value is -0.490. The van der Waals surface area contributed by atoms with Gasteiger partial charge < -0.3 is 14.8 Å². The second-order valence-corrected chi connectivity index (χ2v) is 7.47. The van der Waals surface area contributed by atoms with Crippen molar-refractivity contribution in [1.82, 2.24) is 10.3 Å². The van der Waals surface area contributed by atoms with Crippen molar-refractivity contribution in [2.24, 2.45) is 0 Å². The Balaban J connectivity index is 3.04. The van der Waals surface area contributed by atoms with Crippen LogP contribution in [0.2, 0.25) is 0 Å². The van der Waals surface area contributed by atoms with E-state index in [1.807, 2.05) is 0 Å². The topological polar surface area (TPSA) is 43.4 Å². The smallest absolute Gasteiger partial charge is 0.113 e. The molecule has 1 atom stereocenters. The van der Waals surface area contributed by atoms with E-state index in [1.165, 1.54) is 10.6 Å². The fourth-order valence-electron chi connectivity index (χ4n) is 2.56. The standard InChI is InChI=1S/C16H30N2O2S/c1-8-13-12(2)21-14(18-13)16(5,17-9-10-19-6)11-15(3,4)20-7/h17H,8-11H2,1-7H3. The molecular weight excluding hydrogens is 284 g/mol. The van der Waals surface area contributed by atoms with E-state index < -0.39 is 0 Å². The lowest BCUT2D eigenvalue weighted by atomic mass is 9.88. The van der Waals surface area contributed by atoms with Crippen LogP contribution in [0.3, 0.4) is 0 Å². The van der Waals surface area contributed by atoms with Gasteiger partial charge in [-0.3, -0.25) is 0 Å². The maximum Gasteiger partial charge on any atom is 0.113 e. The number of aromatic nitrogens is 1. The molecule has 0 aliphatic carbocycles. The summed E-state index contributed by atoms with van der Waals surface area (Å²) in [6.07, 6.45) is 1.83. The monoisotopic (exact) mass is 314 g/mol. The summed E-state index contributed by atoms with van der Waals surface area (Å²) < 4.78 is 10.8. The van der Waals surface area contributed by atoms with Crippen molar-refractivity contribution in [3.8, 4) is 0 Å². The Kier molecular flexibility index (Phi) is 6.78. The largest absolute Gasteiger partial charge is 0.383 e. The van der Waals surface area contributed by atoms with Crippen LogP contribution in [0.15, 0.2) is 0 Å². The number of hydrogen-bond acceptors (Lipinski definition) is 5. The molecule has 122 valence electrons. The van der Waals surface area contributed by atoms with Crippen LogP contribution in [0, 0.1) is 6.92 Å². The molecule has 1 rings (SSSR count). The van der Waals surface area contributed by atoms with Gasteiger partial charge in [-0.05, 0) is 34.1 Å². The zero-order valence-corrected chi connectivity index (χ0v) is 15.3. The van der Waals surface area contributed by atoms with E-state index in [9.17, 15) is 0 Å². The Morgan fingerprint density at radius 3 is 2.38 bits per heavy atom. The SMILES string of the molecule is CCc1nc(C(C)(CC(C)(C)OC)NCCOC)sc1C. The summed E-state index contributed by atoms with van der Waals surface area (Å²) in [5.41, 5.74) is 0.784. The highest BCUT2D eigenvalue weighted by Gasteiger charge is 2.36. The van der Waals surface area contributed by atoms with Gasteiger partial charge in [-0.2, -0.15) is 0 Å². The van der Waals surface area contributed by atoms with Crippen LogP contribution in [0.1, 0.15) is 49.7 Å². The second-order valence-electron chi connectivity index (χ2n) is 6.27. The van der Waals surface area contributed by atoms with Gasteiger partial charge in [0.2, 0.25) is 0 Å². The Labute approximate surface area is 133 Å². The third kappa shape index (κ3) is 5.02. The first-order chi connectivity index (χ1) is 9.78. The van der Waals surface area contributed by atoms with Crippen LogP contribution in [-0.2, 0) is 21.4 Å². The van der Waals surface area contributed by atoms with E-state index in [0.29, 0.717) is 6.61 Å². The Morgan fingerprint density at radius 2 is 1.90 bits per heavy atom. The van der Waals surface area contributed by atoms with Gasteiger partial charge in [-0.1, -0.05) is 6.92 Å². The summed E-state index contributed by atoms with van der Waals surface area (Å²) in [4.78, 5) is 6.17. The number of aryl methyl sites for hydroxylation is 2. The van der Waals surface area contributed by atoms with Gasteiger partial charge in [0.05, 0.1) is 23.4 Å². The molecule has 1 aromatic heterocycles. The zero-order chi connectivity index (χ0) is 16.1. The van der Waals surface area contributed by atoms with Gasteiger partial charge in [0.1, 0.15) is 5.01 Å². The van der Waals surface area contributed by atoms with Gasteiger partial charge in [-0.25, -0.2) is 4.98 Å². The summed E-state index contributed by atoms with van der Waals surface area (Å²) >= 11 is 1.79. The summed E-state index contributed by atoms with van der Waals surface area (Å²) in [5.74, 6) is 0. The maximum atomic E-state index is 5.63. The number of hydrogen-bond donors (Lipinski definition) is 1. The molecule has 4 nitrogen and oxygen atoms in total. The van der Waals surface area contributed by atoms with E-state index in [-0.39, 0.29) is 11.1 Å². The van der Waals surface area contributed by atoms with Crippen LogP contribution in [0.4, 0.5) is 0 Å². The first-order valence-corrected chi connectivity index (χ1v) is 8.35. The normalized spacial score (nSPS) is 15.2. The first kappa shape index (κ1) is 18.6. The number of ether oxygens (including phenoxy) is 2. The Morgan fingerprint density at radius 1 is 1.24 bits per heavy atom. The lowest BCUT2D eigenvalue weighted by Crippen LogP contribution is -2.46. The van der Waals surface area contributed by atoms with Crippen molar-refractivity contribution in [3.63, 3.8) is 0 Å². The van der Waals surface area contributed by atoms with Gasteiger partial charge in [0, 0.05) is 32.1 Å². The van der Waals surface area contributed by atoms with E-state index in [4.69, 9.17) is 14.5 Å². The molecule has 1 heterocycles. The average Bonchev–Trinajstić information content (AvgIpc) is 2.80. The zero-order valence-electron chi connectivity index (χ0n) is 14.5. The molecule has 0 aliphatic rings. The summed E-state index contributed by atoms with van der Waals surface area (Å²) in [5, 5.41) is 4.75. The number of nitrogens with zero attached hydrogens (tertiary/aromatic N) is 1. The van der Waals surface area contributed by atoms with Crippen molar-refractivity contribution >= 4 is 11.3 Å². The molecule has 1 aromatic rings. The van der Waals surface area contributed by atoms with Crippen LogP contribution in [0.25, 0.3) is 0 Å². The maximum absolute atomic E-state index is 5.63. The quantitative estimate of drug-likeness (QED) is 0.710. The highest BCUT2D eigenvalue weighted by Crippen LogP contribution is 2.35. The molecular formula is C16H30N2O2S. The molecule has 0 saturated heterocycles. The van der Waals surface area contributed by atoms with Crippen LogP contribution in [0.5, 0.6) is 0 Å². The minimum atomic E-state index is -0.208. The molecule has 21 heavy (non-hydrogen) atoms. The minimum absolute atomic E-state index is 0.207. The van der Waals surface area contributed by atoms with Gasteiger partial charge in [0.15, 0.2) is 0 Å². The molecule has 0 spiro atoms. The van der Waals surface area contributed by atoms with Crippen molar-refractivity contribution < 1.29 is 9.47 Å². The van der Waals surface area contributed by atoms with Crippen molar-refractivity contribution in [2.75, 3.05) is 27.4 Å². The molecule has 5 heteroatoms. The summed E-state index contributed by atoms with van der Waals surface area (Å²) in [6, 6.07) is 0. The molecule has 1 N–H and O–H groups in total. The molecule has 0 bridgehead atoms. The van der Waals surface area contributed by atoms with Crippen molar-refractivity contribution in [3.05, 3.63) is 15.6 Å². The highest BCUT2D eigenvalue weighted by molar-refractivity contribution is 7.11. The first-order valence-electron chi connectivity index (χ1n) is 7.54. The van der Waals surface area contributed by atoms with E-state index >= 15 is 0 Å². The molecule has 0 amide bonds. The number of rotatable bonds is 9. The number of methoxy groups -OCH3 is 2. The summed E-state index contributed by atoms with van der Waals surface area (Å²) in [6.45, 7) is 12.2. The third-order valence-electron chi connectivity index (χ3n) is 3.85. The Bertz CT molecular complexity index is 445. The minimum Gasteiger partial charge on any atom is -0.383 e. The fraction of sp³-hybridized carbons (Fsp3) is 0.812. The van der Waals surface area contributed by atoms with E-state index in [1.54, 1.807) is 25.6 Å². The molecule has 0 aromatic carbocycles. The van der Waals surface area contributed by atoms with Crippen molar-refractivity contribution in [2.45, 2.75) is 58.6 Å². The molecule has 0 radical (unpaired) electrons. The summed E-state index contributed by atoms with van der Waals surface area (Å²) in [7, 11) is 3.49. The second kappa shape index (κ2) is 7.68. The van der Waals surface area contributed by atoms with Gasteiger partial charge in [-0.15, -0.1) is 11.3 Å². The highest BCUT2D eigenvalue weighted by atomic mass is 32.1. The third-order valence-corrected chi connectivity index (χ3v) is 5.13. The van der Waals surface area contributed by atoms with Crippen LogP contribution < -0.4 is 5.32 Å². The lowest BCUT2D eigenvalue weighted by molar-refractivity contribution is -0.00815. The van der Waals surface area contributed by atoms with Crippen LogP contribution in [-0.4, -0.2) is 38.0 Å². The predicted octanol–water partition coefficient (Wildman–Crippen LogP) is 3.28. The molecule has 0 fully saturated rings. The van der Waals surface area contributed by atoms with E-state index in [2.05, 4.69) is 39.9 Å². The van der Waals surface area contributed by atoms with Crippen molar-refractivity contribution in [1.29, 1.82) is 0 Å². The number of thiazole rings is 1.